The number of rotatable bonds is 3. The van der Waals surface area contributed by atoms with Gasteiger partial charge in [-0.3, -0.25) is 0 Å². The molecule has 1 aromatic carbocycles. The molecule has 0 atom stereocenters. The molecule has 1 heterocycles. The second kappa shape index (κ2) is 4.78. The molecule has 2 rings (SSSR count). The van der Waals surface area contributed by atoms with Gasteiger partial charge in [0.25, 0.3) is 0 Å². The summed E-state index contributed by atoms with van der Waals surface area (Å²) in [7, 11) is 0. The Labute approximate surface area is 98.8 Å². The van der Waals surface area contributed by atoms with E-state index in [1.54, 1.807) is 25.1 Å². The van der Waals surface area contributed by atoms with E-state index in [-0.39, 0.29) is 6.79 Å². The van der Waals surface area contributed by atoms with E-state index in [1.165, 1.54) is 6.08 Å². The smallest absolute Gasteiger partial charge is 0.330 e. The molecule has 0 bridgehead atoms. The Morgan fingerprint density at radius 2 is 2.18 bits per heavy atom. The van der Waals surface area contributed by atoms with Crippen LogP contribution >= 0.6 is 0 Å². The Bertz CT molecular complexity index is 468. The van der Waals surface area contributed by atoms with Crippen LogP contribution in [-0.4, -0.2) is 19.4 Å². The van der Waals surface area contributed by atoms with E-state index >= 15 is 0 Å². The zero-order chi connectivity index (χ0) is 12.3. The first-order valence-electron chi connectivity index (χ1n) is 5.24. The molecule has 5 nitrogen and oxygen atoms in total. The van der Waals surface area contributed by atoms with E-state index in [1.807, 2.05) is 0 Å². The Kier molecular flexibility index (Phi) is 3.18. The number of nitrogens with two attached hydrogens (primary N) is 1. The summed E-state index contributed by atoms with van der Waals surface area (Å²) in [5, 5.41) is 0. The van der Waals surface area contributed by atoms with Crippen molar-refractivity contribution in [2.24, 2.45) is 0 Å². The van der Waals surface area contributed by atoms with E-state index in [4.69, 9.17) is 19.9 Å². The number of nitrogen functional groups attached to an aromatic ring is 1. The van der Waals surface area contributed by atoms with Crippen LogP contribution in [0.25, 0.3) is 6.08 Å². The largest absolute Gasteiger partial charge is 0.463 e. The Balaban J connectivity index is 2.19. The van der Waals surface area contributed by atoms with E-state index in [9.17, 15) is 4.79 Å². The Hall–Kier alpha value is -2.17. The van der Waals surface area contributed by atoms with Crippen molar-refractivity contribution in [2.45, 2.75) is 6.92 Å². The minimum absolute atomic E-state index is 0.194. The van der Waals surface area contributed by atoms with E-state index in [2.05, 4.69) is 0 Å². The minimum atomic E-state index is -0.399. The van der Waals surface area contributed by atoms with Gasteiger partial charge < -0.3 is 19.9 Å². The molecule has 0 saturated heterocycles. The molecule has 2 N–H and O–H groups in total. The van der Waals surface area contributed by atoms with Crippen molar-refractivity contribution < 1.29 is 19.0 Å². The Morgan fingerprint density at radius 3 is 2.88 bits per heavy atom. The summed E-state index contributed by atoms with van der Waals surface area (Å²) in [4.78, 5) is 11.2. The summed E-state index contributed by atoms with van der Waals surface area (Å²) in [6.45, 7) is 2.29. The molecule has 0 spiro atoms. The fraction of sp³-hybridized carbons (Fsp3) is 0.250. The van der Waals surface area contributed by atoms with Crippen LogP contribution in [0.15, 0.2) is 18.2 Å². The zero-order valence-electron chi connectivity index (χ0n) is 9.43. The standard InChI is InChI=1S/C12H13NO4/c1-2-15-12(14)4-3-8-5-10-11(6-9(8)13)17-7-16-10/h3-6H,2,7,13H2,1H3. The molecule has 0 unspecified atom stereocenters. The molecule has 0 saturated carbocycles. The molecule has 1 aliphatic rings. The van der Waals surface area contributed by atoms with Crippen LogP contribution in [0.2, 0.25) is 0 Å². The van der Waals surface area contributed by atoms with Crippen LogP contribution in [0.3, 0.4) is 0 Å². The number of fused-ring (bicyclic) bond motifs is 1. The molecular formula is C12H13NO4. The van der Waals surface area contributed by atoms with Crippen LogP contribution in [0.4, 0.5) is 5.69 Å². The second-order valence-corrected chi connectivity index (χ2v) is 3.42. The van der Waals surface area contributed by atoms with Gasteiger partial charge in [-0.05, 0) is 19.1 Å². The lowest BCUT2D eigenvalue weighted by Crippen LogP contribution is -1.99. The monoisotopic (exact) mass is 235 g/mol. The van der Waals surface area contributed by atoms with Crippen LogP contribution < -0.4 is 15.2 Å². The maximum absolute atomic E-state index is 11.2. The lowest BCUT2D eigenvalue weighted by atomic mass is 10.1. The van der Waals surface area contributed by atoms with Crippen LogP contribution in [0.5, 0.6) is 11.5 Å². The lowest BCUT2D eigenvalue weighted by Gasteiger charge is -2.02. The molecule has 0 aliphatic carbocycles. The highest BCUT2D eigenvalue weighted by atomic mass is 16.7. The van der Waals surface area contributed by atoms with Crippen LogP contribution in [-0.2, 0) is 9.53 Å². The molecule has 0 amide bonds. The molecule has 5 heteroatoms. The Morgan fingerprint density at radius 1 is 1.47 bits per heavy atom. The van der Waals surface area contributed by atoms with E-state index < -0.39 is 5.97 Å². The minimum Gasteiger partial charge on any atom is -0.463 e. The van der Waals surface area contributed by atoms with Gasteiger partial charge in [0.05, 0.1) is 6.61 Å². The fourth-order valence-corrected chi connectivity index (χ4v) is 1.47. The summed E-state index contributed by atoms with van der Waals surface area (Å²) < 4.78 is 15.2. The van der Waals surface area contributed by atoms with Gasteiger partial charge in [0.1, 0.15) is 0 Å². The van der Waals surface area contributed by atoms with Crippen molar-refractivity contribution in [1.82, 2.24) is 0 Å². The fourth-order valence-electron chi connectivity index (χ4n) is 1.47. The van der Waals surface area contributed by atoms with Crippen molar-refractivity contribution >= 4 is 17.7 Å². The molecule has 90 valence electrons. The number of anilines is 1. The lowest BCUT2D eigenvalue weighted by molar-refractivity contribution is -0.137. The number of esters is 1. The van der Waals surface area contributed by atoms with Gasteiger partial charge >= 0.3 is 5.97 Å². The number of ether oxygens (including phenoxy) is 3. The van der Waals surface area contributed by atoms with Crippen molar-refractivity contribution in [3.63, 3.8) is 0 Å². The average molecular weight is 235 g/mol. The number of carbonyl (C=O) groups excluding carboxylic acids is 1. The predicted octanol–water partition coefficient (Wildman–Crippen LogP) is 1.57. The SMILES string of the molecule is CCOC(=O)C=Cc1cc2c(cc1N)OCO2. The van der Waals surface area contributed by atoms with Gasteiger partial charge in [-0.25, -0.2) is 4.79 Å². The van der Waals surface area contributed by atoms with Gasteiger partial charge in [-0.15, -0.1) is 0 Å². The zero-order valence-corrected chi connectivity index (χ0v) is 9.43. The molecule has 1 aliphatic heterocycles. The van der Waals surface area contributed by atoms with Gasteiger partial charge in [0.2, 0.25) is 6.79 Å². The van der Waals surface area contributed by atoms with E-state index in [0.29, 0.717) is 29.4 Å². The van der Waals surface area contributed by atoms with Gasteiger partial charge in [0, 0.05) is 23.4 Å². The highest BCUT2D eigenvalue weighted by Gasteiger charge is 2.15. The molecule has 0 aromatic heterocycles. The summed E-state index contributed by atoms with van der Waals surface area (Å²) in [6, 6.07) is 3.40. The molecular weight excluding hydrogens is 222 g/mol. The van der Waals surface area contributed by atoms with Crippen LogP contribution in [0.1, 0.15) is 12.5 Å². The van der Waals surface area contributed by atoms with Crippen molar-refractivity contribution in [3.8, 4) is 11.5 Å². The van der Waals surface area contributed by atoms with Crippen molar-refractivity contribution in [2.75, 3.05) is 19.1 Å². The van der Waals surface area contributed by atoms with Gasteiger partial charge in [-0.1, -0.05) is 0 Å². The number of hydrogen-bond donors (Lipinski definition) is 1. The molecule has 17 heavy (non-hydrogen) atoms. The maximum atomic E-state index is 11.2. The van der Waals surface area contributed by atoms with Crippen molar-refractivity contribution in [1.29, 1.82) is 0 Å². The van der Waals surface area contributed by atoms with Crippen LogP contribution in [0, 0.1) is 0 Å². The third-order valence-corrected chi connectivity index (χ3v) is 2.26. The first-order chi connectivity index (χ1) is 8.20. The number of carbonyl (C=O) groups is 1. The number of hydrogen-bond acceptors (Lipinski definition) is 5. The molecule has 0 radical (unpaired) electrons. The predicted molar refractivity (Wildman–Crippen MR) is 62.6 cm³/mol. The van der Waals surface area contributed by atoms with Gasteiger partial charge in [0.15, 0.2) is 11.5 Å². The molecule has 0 fully saturated rings. The topological polar surface area (TPSA) is 70.8 Å². The average Bonchev–Trinajstić information content (AvgIpc) is 2.73. The third-order valence-electron chi connectivity index (χ3n) is 2.26. The summed E-state index contributed by atoms with van der Waals surface area (Å²) in [6.07, 6.45) is 2.92. The van der Waals surface area contributed by atoms with Gasteiger partial charge in [-0.2, -0.15) is 0 Å². The summed E-state index contributed by atoms with van der Waals surface area (Å²) >= 11 is 0. The number of benzene rings is 1. The maximum Gasteiger partial charge on any atom is 0.330 e. The first-order valence-corrected chi connectivity index (χ1v) is 5.24. The highest BCUT2D eigenvalue weighted by molar-refractivity contribution is 5.88. The summed E-state index contributed by atoms with van der Waals surface area (Å²) in [5.74, 6) is 0.850. The normalized spacial score (nSPS) is 13.0. The molecule has 1 aromatic rings. The van der Waals surface area contributed by atoms with E-state index in [0.717, 1.165) is 0 Å². The van der Waals surface area contributed by atoms with Crippen molar-refractivity contribution in [3.05, 3.63) is 23.8 Å². The third kappa shape index (κ3) is 2.50. The quantitative estimate of drug-likeness (QED) is 0.489. The summed E-state index contributed by atoms with van der Waals surface area (Å²) in [5.41, 5.74) is 7.03. The first kappa shape index (κ1) is 11.3. The second-order valence-electron chi connectivity index (χ2n) is 3.42. The highest BCUT2D eigenvalue weighted by Crippen LogP contribution is 2.36.